The van der Waals surface area contributed by atoms with Crippen LogP contribution in [0.15, 0.2) is 24.3 Å². The second-order valence-corrected chi connectivity index (χ2v) is 5.44. The zero-order valence-corrected chi connectivity index (χ0v) is 11.4. The third-order valence-corrected chi connectivity index (χ3v) is 3.77. The fraction of sp³-hybridized carbons (Fsp3) is 0.625. The average molecular weight is 247 g/mol. The van der Waals surface area contributed by atoms with Crippen LogP contribution in [0.4, 0.5) is 0 Å². The maximum absolute atomic E-state index is 10.0. The summed E-state index contributed by atoms with van der Waals surface area (Å²) in [5.74, 6) is 0. The number of fused-ring (bicyclic) bond motifs is 1. The van der Waals surface area contributed by atoms with Gasteiger partial charge in [0.2, 0.25) is 0 Å². The van der Waals surface area contributed by atoms with Crippen molar-refractivity contribution in [3.63, 3.8) is 0 Å². The molecule has 0 radical (unpaired) electrons. The van der Waals surface area contributed by atoms with Gasteiger partial charge in [0.1, 0.15) is 0 Å². The minimum absolute atomic E-state index is 0.156. The maximum Gasteiger partial charge on any atom is 0.0667 e. The van der Waals surface area contributed by atoms with E-state index in [1.807, 2.05) is 0 Å². The van der Waals surface area contributed by atoms with E-state index in [-0.39, 0.29) is 6.10 Å². The lowest BCUT2D eigenvalue weighted by molar-refractivity contribution is 0.102. The van der Waals surface area contributed by atoms with Crippen molar-refractivity contribution in [1.82, 2.24) is 4.90 Å². The molecule has 0 spiro atoms. The number of hydrogen-bond acceptors (Lipinski definition) is 2. The molecule has 0 bridgehead atoms. The topological polar surface area (TPSA) is 23.5 Å². The quantitative estimate of drug-likeness (QED) is 0.747. The SMILES string of the molecule is CCCCCCC(O)CN1Cc2ccccc2C1. The van der Waals surface area contributed by atoms with Crippen molar-refractivity contribution in [2.75, 3.05) is 6.54 Å². The largest absolute Gasteiger partial charge is 0.392 e. The Kier molecular flexibility index (Phi) is 5.21. The van der Waals surface area contributed by atoms with Gasteiger partial charge in [0, 0.05) is 19.6 Å². The van der Waals surface area contributed by atoms with E-state index in [0.717, 1.165) is 32.5 Å². The molecule has 2 heteroatoms. The van der Waals surface area contributed by atoms with Crippen LogP contribution in [-0.4, -0.2) is 22.7 Å². The van der Waals surface area contributed by atoms with E-state index in [0.29, 0.717) is 0 Å². The first-order chi connectivity index (χ1) is 8.79. The molecule has 0 saturated carbocycles. The van der Waals surface area contributed by atoms with E-state index >= 15 is 0 Å². The predicted molar refractivity (Wildman–Crippen MR) is 75.3 cm³/mol. The van der Waals surface area contributed by atoms with Gasteiger partial charge in [-0.25, -0.2) is 0 Å². The number of nitrogens with zero attached hydrogens (tertiary/aromatic N) is 1. The Bertz CT molecular complexity index is 339. The molecule has 1 aliphatic rings. The summed E-state index contributed by atoms with van der Waals surface area (Å²) in [6.07, 6.45) is 5.77. The summed E-state index contributed by atoms with van der Waals surface area (Å²) in [6.45, 7) is 5.04. The molecule has 100 valence electrons. The molecule has 1 aromatic carbocycles. The highest BCUT2D eigenvalue weighted by atomic mass is 16.3. The summed E-state index contributed by atoms with van der Waals surface area (Å²) >= 11 is 0. The number of aliphatic hydroxyl groups is 1. The lowest BCUT2D eigenvalue weighted by atomic mass is 10.1. The van der Waals surface area contributed by atoms with Gasteiger partial charge in [-0.1, -0.05) is 56.9 Å². The summed E-state index contributed by atoms with van der Waals surface area (Å²) in [4.78, 5) is 2.36. The van der Waals surface area contributed by atoms with Crippen molar-refractivity contribution in [2.24, 2.45) is 0 Å². The van der Waals surface area contributed by atoms with Crippen molar-refractivity contribution >= 4 is 0 Å². The van der Waals surface area contributed by atoms with Crippen LogP contribution in [0.5, 0.6) is 0 Å². The molecule has 1 aliphatic heterocycles. The van der Waals surface area contributed by atoms with Gasteiger partial charge in [-0.2, -0.15) is 0 Å². The molecule has 1 unspecified atom stereocenters. The Morgan fingerprint density at radius 1 is 1.11 bits per heavy atom. The highest BCUT2D eigenvalue weighted by molar-refractivity contribution is 5.30. The third kappa shape index (κ3) is 3.82. The normalized spacial score (nSPS) is 16.8. The molecule has 1 N–H and O–H groups in total. The monoisotopic (exact) mass is 247 g/mol. The van der Waals surface area contributed by atoms with Gasteiger partial charge in [0.05, 0.1) is 6.10 Å². The fourth-order valence-electron chi connectivity index (χ4n) is 2.73. The van der Waals surface area contributed by atoms with Crippen LogP contribution in [0.25, 0.3) is 0 Å². The molecule has 1 aromatic rings. The standard InChI is InChI=1S/C16H25NO/c1-2-3-4-5-10-16(18)13-17-11-14-8-6-7-9-15(14)12-17/h6-9,16,18H,2-5,10-13H2,1H3. The second kappa shape index (κ2) is 6.91. The first kappa shape index (κ1) is 13.6. The third-order valence-electron chi connectivity index (χ3n) is 3.77. The van der Waals surface area contributed by atoms with Crippen molar-refractivity contribution in [3.05, 3.63) is 35.4 Å². The van der Waals surface area contributed by atoms with E-state index in [9.17, 15) is 5.11 Å². The van der Waals surface area contributed by atoms with Crippen molar-refractivity contribution < 1.29 is 5.11 Å². The Hall–Kier alpha value is -0.860. The second-order valence-electron chi connectivity index (χ2n) is 5.44. The Morgan fingerprint density at radius 3 is 2.39 bits per heavy atom. The number of hydrogen-bond donors (Lipinski definition) is 1. The molecule has 0 fully saturated rings. The molecule has 0 aliphatic carbocycles. The number of aliphatic hydroxyl groups excluding tert-OH is 1. The zero-order chi connectivity index (χ0) is 12.8. The molecule has 18 heavy (non-hydrogen) atoms. The molecular weight excluding hydrogens is 222 g/mol. The highest BCUT2D eigenvalue weighted by Crippen LogP contribution is 2.22. The molecule has 0 aromatic heterocycles. The Morgan fingerprint density at radius 2 is 1.78 bits per heavy atom. The van der Waals surface area contributed by atoms with E-state index in [1.165, 1.54) is 30.4 Å². The Labute approximate surface area is 111 Å². The number of rotatable bonds is 7. The minimum Gasteiger partial charge on any atom is -0.392 e. The Balaban J connectivity index is 1.69. The summed E-state index contributed by atoms with van der Waals surface area (Å²) < 4.78 is 0. The zero-order valence-electron chi connectivity index (χ0n) is 11.4. The van der Waals surface area contributed by atoms with Crippen molar-refractivity contribution in [2.45, 2.75) is 58.2 Å². The summed E-state index contributed by atoms with van der Waals surface area (Å²) in [5.41, 5.74) is 2.85. The van der Waals surface area contributed by atoms with E-state index in [4.69, 9.17) is 0 Å². The van der Waals surface area contributed by atoms with Crippen LogP contribution in [0, 0.1) is 0 Å². The molecular formula is C16H25NO. The van der Waals surface area contributed by atoms with Gasteiger partial charge in [-0.15, -0.1) is 0 Å². The molecule has 0 amide bonds. The lowest BCUT2D eigenvalue weighted by Gasteiger charge is -2.19. The lowest BCUT2D eigenvalue weighted by Crippen LogP contribution is -2.28. The first-order valence-electron chi connectivity index (χ1n) is 7.26. The molecule has 2 rings (SSSR count). The minimum atomic E-state index is -0.156. The summed E-state index contributed by atoms with van der Waals surface area (Å²) in [5, 5.41) is 10.0. The molecule has 1 heterocycles. The summed E-state index contributed by atoms with van der Waals surface area (Å²) in [7, 11) is 0. The van der Waals surface area contributed by atoms with Crippen LogP contribution in [0.1, 0.15) is 50.2 Å². The van der Waals surface area contributed by atoms with Crippen molar-refractivity contribution in [3.8, 4) is 0 Å². The molecule has 1 atom stereocenters. The number of unbranched alkanes of at least 4 members (excludes halogenated alkanes) is 3. The van der Waals surface area contributed by atoms with Gasteiger partial charge >= 0.3 is 0 Å². The van der Waals surface area contributed by atoms with E-state index < -0.39 is 0 Å². The van der Waals surface area contributed by atoms with Gasteiger partial charge in [-0.3, -0.25) is 4.90 Å². The van der Waals surface area contributed by atoms with Gasteiger partial charge in [0.25, 0.3) is 0 Å². The van der Waals surface area contributed by atoms with Crippen LogP contribution < -0.4 is 0 Å². The van der Waals surface area contributed by atoms with E-state index in [1.54, 1.807) is 0 Å². The van der Waals surface area contributed by atoms with Crippen LogP contribution in [-0.2, 0) is 13.1 Å². The highest BCUT2D eigenvalue weighted by Gasteiger charge is 2.20. The number of benzene rings is 1. The van der Waals surface area contributed by atoms with Gasteiger partial charge in [-0.05, 0) is 17.5 Å². The average Bonchev–Trinajstić information content (AvgIpc) is 2.76. The van der Waals surface area contributed by atoms with Crippen LogP contribution in [0.2, 0.25) is 0 Å². The number of β-amino-alcohol motifs (C(OH)–C–C–N with tert-alkyl or cyclic N) is 1. The molecule has 2 nitrogen and oxygen atoms in total. The van der Waals surface area contributed by atoms with Crippen LogP contribution >= 0.6 is 0 Å². The maximum atomic E-state index is 10.0. The van der Waals surface area contributed by atoms with Gasteiger partial charge in [0.15, 0.2) is 0 Å². The van der Waals surface area contributed by atoms with E-state index in [2.05, 4.69) is 36.1 Å². The smallest absolute Gasteiger partial charge is 0.0667 e. The predicted octanol–water partition coefficient (Wildman–Crippen LogP) is 3.33. The van der Waals surface area contributed by atoms with Gasteiger partial charge < -0.3 is 5.11 Å². The van der Waals surface area contributed by atoms with Crippen LogP contribution in [0.3, 0.4) is 0 Å². The summed E-state index contributed by atoms with van der Waals surface area (Å²) in [6, 6.07) is 8.60. The fourth-order valence-corrected chi connectivity index (χ4v) is 2.73. The first-order valence-corrected chi connectivity index (χ1v) is 7.26. The van der Waals surface area contributed by atoms with Crippen molar-refractivity contribution in [1.29, 1.82) is 0 Å². The molecule has 0 saturated heterocycles.